The number of aliphatic hydroxyl groups is 1. The van der Waals surface area contributed by atoms with Gasteiger partial charge in [-0.2, -0.15) is 0 Å². The van der Waals surface area contributed by atoms with Crippen LogP contribution < -0.4 is 0 Å². The van der Waals surface area contributed by atoms with Gasteiger partial charge >= 0.3 is 0 Å². The molecule has 2 rings (SSSR count). The van der Waals surface area contributed by atoms with Crippen molar-refractivity contribution in [3.63, 3.8) is 0 Å². The lowest BCUT2D eigenvalue weighted by molar-refractivity contribution is 0.100. The zero-order valence-electron chi connectivity index (χ0n) is 10.2. The van der Waals surface area contributed by atoms with E-state index in [1.165, 1.54) is 12.1 Å². The van der Waals surface area contributed by atoms with Crippen LogP contribution in [0.5, 0.6) is 0 Å². The first kappa shape index (κ1) is 13.2. The van der Waals surface area contributed by atoms with Crippen LogP contribution in [0.1, 0.15) is 23.6 Å². The van der Waals surface area contributed by atoms with Crippen molar-refractivity contribution >= 4 is 15.9 Å². The van der Waals surface area contributed by atoms with Gasteiger partial charge in [-0.25, -0.2) is 4.39 Å². The molecule has 0 spiro atoms. The lowest BCUT2D eigenvalue weighted by atomic mass is 9.85. The van der Waals surface area contributed by atoms with Gasteiger partial charge in [0.25, 0.3) is 0 Å². The molecule has 0 amide bonds. The summed E-state index contributed by atoms with van der Waals surface area (Å²) in [5, 5.41) is 10.7. The fraction of sp³-hybridized carbons (Fsp3) is 0.200. The summed E-state index contributed by atoms with van der Waals surface area (Å²) in [5.41, 5.74) is 0.928. The molecule has 94 valence electrons. The molecule has 0 aliphatic carbocycles. The van der Waals surface area contributed by atoms with Crippen LogP contribution in [-0.2, 0) is 5.60 Å². The highest BCUT2D eigenvalue weighted by Crippen LogP contribution is 2.35. The second-order valence-electron chi connectivity index (χ2n) is 4.51. The van der Waals surface area contributed by atoms with Gasteiger partial charge in [0.2, 0.25) is 0 Å². The van der Waals surface area contributed by atoms with Crippen molar-refractivity contribution < 1.29 is 9.50 Å². The van der Waals surface area contributed by atoms with E-state index in [0.29, 0.717) is 5.56 Å². The Kier molecular flexibility index (Phi) is 3.55. The number of hydrogen-bond acceptors (Lipinski definition) is 1. The van der Waals surface area contributed by atoms with Gasteiger partial charge in [-0.3, -0.25) is 0 Å². The average Bonchev–Trinajstić information content (AvgIpc) is 2.32. The highest BCUT2D eigenvalue weighted by atomic mass is 79.9. The lowest BCUT2D eigenvalue weighted by Crippen LogP contribution is -2.24. The monoisotopic (exact) mass is 308 g/mol. The minimum Gasteiger partial charge on any atom is -0.381 e. The molecular formula is C15H14BrFO. The van der Waals surface area contributed by atoms with E-state index >= 15 is 0 Å². The maximum atomic E-state index is 13.4. The van der Waals surface area contributed by atoms with Crippen molar-refractivity contribution in [1.29, 1.82) is 0 Å². The van der Waals surface area contributed by atoms with E-state index in [2.05, 4.69) is 15.9 Å². The van der Waals surface area contributed by atoms with Gasteiger partial charge in [-0.1, -0.05) is 40.2 Å². The molecule has 3 heteroatoms. The Morgan fingerprint density at radius 2 is 1.78 bits per heavy atom. The lowest BCUT2D eigenvalue weighted by Gasteiger charge is -2.27. The van der Waals surface area contributed by atoms with Crippen LogP contribution in [0.2, 0.25) is 0 Å². The minimum atomic E-state index is -1.23. The average molecular weight is 309 g/mol. The molecule has 0 saturated heterocycles. The van der Waals surface area contributed by atoms with Crippen molar-refractivity contribution in [1.82, 2.24) is 0 Å². The molecule has 1 atom stereocenters. The summed E-state index contributed by atoms with van der Waals surface area (Å²) in [6, 6.07) is 11.9. The van der Waals surface area contributed by atoms with E-state index in [1.807, 2.05) is 31.2 Å². The molecule has 2 aromatic rings. The fourth-order valence-corrected chi connectivity index (χ4v) is 2.79. The molecule has 1 nitrogen and oxygen atoms in total. The normalized spacial score (nSPS) is 14.3. The number of benzene rings is 2. The number of hydrogen-bond donors (Lipinski definition) is 1. The SMILES string of the molecule is Cc1ccc(F)cc1C(C)(O)c1ccccc1Br. The van der Waals surface area contributed by atoms with Crippen LogP contribution in [0.15, 0.2) is 46.9 Å². The van der Waals surface area contributed by atoms with E-state index in [4.69, 9.17) is 0 Å². The predicted molar refractivity (Wildman–Crippen MR) is 74.0 cm³/mol. The number of halogens is 2. The highest BCUT2D eigenvalue weighted by molar-refractivity contribution is 9.10. The molecule has 0 heterocycles. The molecule has 1 unspecified atom stereocenters. The molecule has 0 fully saturated rings. The zero-order chi connectivity index (χ0) is 13.3. The molecule has 2 aromatic carbocycles. The van der Waals surface area contributed by atoms with Gasteiger partial charge < -0.3 is 5.11 Å². The largest absolute Gasteiger partial charge is 0.381 e. The van der Waals surface area contributed by atoms with E-state index < -0.39 is 5.60 Å². The Morgan fingerprint density at radius 3 is 2.44 bits per heavy atom. The Bertz CT molecular complexity index is 578. The van der Waals surface area contributed by atoms with E-state index in [9.17, 15) is 9.50 Å². The second-order valence-corrected chi connectivity index (χ2v) is 5.37. The van der Waals surface area contributed by atoms with Crippen molar-refractivity contribution in [3.05, 3.63) is 69.4 Å². The Labute approximate surface area is 114 Å². The summed E-state index contributed by atoms with van der Waals surface area (Å²) in [5.74, 6) is -0.345. The van der Waals surface area contributed by atoms with Gasteiger partial charge in [0.05, 0.1) is 0 Å². The highest BCUT2D eigenvalue weighted by Gasteiger charge is 2.29. The van der Waals surface area contributed by atoms with Crippen molar-refractivity contribution in [2.75, 3.05) is 0 Å². The van der Waals surface area contributed by atoms with Gasteiger partial charge in [0.1, 0.15) is 11.4 Å². The summed E-state index contributed by atoms with van der Waals surface area (Å²) in [4.78, 5) is 0. The third-order valence-electron chi connectivity index (χ3n) is 3.12. The molecule has 0 aliphatic rings. The van der Waals surface area contributed by atoms with Crippen molar-refractivity contribution in [2.45, 2.75) is 19.4 Å². The molecular weight excluding hydrogens is 295 g/mol. The van der Waals surface area contributed by atoms with Gasteiger partial charge in [0, 0.05) is 10.0 Å². The first-order valence-corrected chi connectivity index (χ1v) is 6.46. The Balaban J connectivity index is 2.61. The van der Waals surface area contributed by atoms with Gasteiger partial charge in [-0.05, 0) is 43.2 Å². The molecule has 18 heavy (non-hydrogen) atoms. The molecule has 0 aromatic heterocycles. The minimum absolute atomic E-state index is 0.345. The third kappa shape index (κ3) is 2.33. The number of aryl methyl sites for hydroxylation is 1. The van der Waals surface area contributed by atoms with Crippen molar-refractivity contribution in [3.8, 4) is 0 Å². The Morgan fingerprint density at radius 1 is 1.11 bits per heavy atom. The van der Waals surface area contributed by atoms with E-state index in [0.717, 1.165) is 15.6 Å². The molecule has 1 N–H and O–H groups in total. The third-order valence-corrected chi connectivity index (χ3v) is 3.81. The summed E-state index contributed by atoms with van der Waals surface area (Å²) >= 11 is 3.42. The van der Waals surface area contributed by atoms with Crippen LogP contribution in [0.25, 0.3) is 0 Å². The maximum absolute atomic E-state index is 13.4. The van der Waals surface area contributed by atoms with Gasteiger partial charge in [-0.15, -0.1) is 0 Å². The smallest absolute Gasteiger partial charge is 0.123 e. The summed E-state index contributed by atoms with van der Waals surface area (Å²) in [6.07, 6.45) is 0. The van der Waals surface area contributed by atoms with Crippen LogP contribution in [0, 0.1) is 12.7 Å². The van der Waals surface area contributed by atoms with Crippen molar-refractivity contribution in [2.24, 2.45) is 0 Å². The van der Waals surface area contributed by atoms with Gasteiger partial charge in [0.15, 0.2) is 0 Å². The predicted octanol–water partition coefficient (Wildman–Crippen LogP) is 4.15. The van der Waals surface area contributed by atoms with Crippen LogP contribution in [0.4, 0.5) is 4.39 Å². The quantitative estimate of drug-likeness (QED) is 0.883. The van der Waals surface area contributed by atoms with Crippen LogP contribution >= 0.6 is 15.9 Å². The topological polar surface area (TPSA) is 20.2 Å². The van der Waals surface area contributed by atoms with Crippen LogP contribution in [0.3, 0.4) is 0 Å². The standard InChI is InChI=1S/C15H14BrFO/c1-10-7-8-11(17)9-13(10)15(2,18)12-5-3-4-6-14(12)16/h3-9,18H,1-2H3. The molecule has 0 bridgehead atoms. The maximum Gasteiger partial charge on any atom is 0.123 e. The second kappa shape index (κ2) is 4.82. The summed E-state index contributed by atoms with van der Waals surface area (Å²) in [7, 11) is 0. The van der Waals surface area contributed by atoms with Crippen LogP contribution in [-0.4, -0.2) is 5.11 Å². The van der Waals surface area contributed by atoms with E-state index in [-0.39, 0.29) is 5.82 Å². The number of rotatable bonds is 2. The first-order valence-electron chi connectivity index (χ1n) is 5.67. The van der Waals surface area contributed by atoms with E-state index in [1.54, 1.807) is 13.0 Å². The molecule has 0 radical (unpaired) electrons. The zero-order valence-corrected chi connectivity index (χ0v) is 11.8. The summed E-state index contributed by atoms with van der Waals surface area (Å²) < 4.78 is 14.2. The first-order chi connectivity index (χ1) is 8.43. The fourth-order valence-electron chi connectivity index (χ4n) is 2.12. The molecule has 0 saturated carbocycles. The summed E-state index contributed by atoms with van der Waals surface area (Å²) in [6.45, 7) is 3.54. The Hall–Kier alpha value is -1.19. The molecule has 0 aliphatic heterocycles.